The molecule has 3 unspecified atom stereocenters. The first-order valence-corrected chi connectivity index (χ1v) is 12.6. The van der Waals surface area contributed by atoms with Crippen molar-refractivity contribution in [3.63, 3.8) is 0 Å². The molecule has 1 aliphatic rings. The van der Waals surface area contributed by atoms with Gasteiger partial charge in [-0.15, -0.1) is 0 Å². The van der Waals surface area contributed by atoms with Crippen LogP contribution in [-0.4, -0.2) is 59.4 Å². The summed E-state index contributed by atoms with van der Waals surface area (Å²) < 4.78 is 0. The fourth-order valence-corrected chi connectivity index (χ4v) is 4.26. The van der Waals surface area contributed by atoms with Gasteiger partial charge in [0.25, 0.3) is 0 Å². The maximum Gasteiger partial charge on any atom is 0.319 e. The summed E-state index contributed by atoms with van der Waals surface area (Å²) in [5.74, 6) is 0.105. The molecule has 0 bridgehead atoms. The molecule has 1 aliphatic heterocycles. The van der Waals surface area contributed by atoms with Gasteiger partial charge in [-0.25, -0.2) is 4.79 Å². The summed E-state index contributed by atoms with van der Waals surface area (Å²) in [6, 6.07) is 8.17. The molecule has 1 aromatic rings. The number of nitrogens with zero attached hydrogens (tertiary/aromatic N) is 2. The number of benzene rings is 1. The van der Waals surface area contributed by atoms with Gasteiger partial charge in [-0.1, -0.05) is 71.1 Å². The molecule has 4 amide bonds. The molecule has 0 aliphatic carbocycles. The molecule has 0 radical (unpaired) electrons. The van der Waals surface area contributed by atoms with Gasteiger partial charge in [-0.05, 0) is 31.4 Å². The van der Waals surface area contributed by atoms with Crippen molar-refractivity contribution >= 4 is 23.5 Å². The second-order valence-electron chi connectivity index (χ2n) is 9.21. The van der Waals surface area contributed by atoms with Gasteiger partial charge in [0.15, 0.2) is 0 Å². The number of carbonyl (C=O) groups excluding carboxylic acids is 3. The Hall–Kier alpha value is -2.57. The van der Waals surface area contributed by atoms with E-state index in [1.807, 2.05) is 43.9 Å². The summed E-state index contributed by atoms with van der Waals surface area (Å²) in [6.07, 6.45) is 6.98. The van der Waals surface area contributed by atoms with E-state index >= 15 is 0 Å². The van der Waals surface area contributed by atoms with Crippen molar-refractivity contribution in [2.24, 2.45) is 5.92 Å². The molecule has 2 N–H and O–H groups in total. The van der Waals surface area contributed by atoms with E-state index in [1.54, 1.807) is 17.0 Å². The zero-order valence-corrected chi connectivity index (χ0v) is 20.8. The first-order chi connectivity index (χ1) is 15.9. The minimum atomic E-state index is -0.605. The first kappa shape index (κ1) is 26.7. The van der Waals surface area contributed by atoms with E-state index in [0.29, 0.717) is 31.7 Å². The summed E-state index contributed by atoms with van der Waals surface area (Å²) in [6.45, 7) is 9.72. The molecule has 1 saturated heterocycles. The highest BCUT2D eigenvalue weighted by Gasteiger charge is 2.35. The number of piperazine rings is 1. The Balaban J connectivity index is 1.91. The zero-order valence-electron chi connectivity index (χ0n) is 20.8. The smallest absolute Gasteiger partial charge is 0.319 e. The van der Waals surface area contributed by atoms with Crippen LogP contribution in [0.3, 0.4) is 0 Å². The maximum atomic E-state index is 13.4. The monoisotopic (exact) mass is 458 g/mol. The number of nitrogens with one attached hydrogen (secondary N) is 2. The molecule has 2 rings (SSSR count). The molecule has 7 nitrogen and oxygen atoms in total. The van der Waals surface area contributed by atoms with Crippen LogP contribution in [0.4, 0.5) is 10.5 Å². The largest absolute Gasteiger partial charge is 0.337 e. The average Bonchev–Trinajstić information content (AvgIpc) is 2.81. The Kier molecular flexibility index (Phi) is 11.2. The lowest BCUT2D eigenvalue weighted by atomic mass is 9.97. The van der Waals surface area contributed by atoms with E-state index in [0.717, 1.165) is 19.3 Å². The number of anilines is 1. The molecule has 1 fully saturated rings. The highest BCUT2D eigenvalue weighted by Crippen LogP contribution is 2.18. The quantitative estimate of drug-likeness (QED) is 0.474. The third-order valence-electron chi connectivity index (χ3n) is 6.55. The average molecular weight is 459 g/mol. The highest BCUT2D eigenvalue weighted by atomic mass is 16.2. The van der Waals surface area contributed by atoms with Gasteiger partial charge >= 0.3 is 6.03 Å². The molecule has 3 atom stereocenters. The molecule has 1 aromatic carbocycles. The number of amides is 4. The molecule has 1 heterocycles. The van der Waals surface area contributed by atoms with Crippen LogP contribution in [0, 0.1) is 5.92 Å². The summed E-state index contributed by atoms with van der Waals surface area (Å²) in [7, 11) is 0. The van der Waals surface area contributed by atoms with Gasteiger partial charge < -0.3 is 20.4 Å². The molecular formula is C26H42N4O3. The van der Waals surface area contributed by atoms with Crippen LogP contribution in [0.2, 0.25) is 0 Å². The molecule has 7 heteroatoms. The minimum Gasteiger partial charge on any atom is -0.337 e. The van der Waals surface area contributed by atoms with Crippen molar-refractivity contribution in [2.45, 2.75) is 84.7 Å². The van der Waals surface area contributed by atoms with E-state index in [2.05, 4.69) is 17.6 Å². The third-order valence-corrected chi connectivity index (χ3v) is 6.55. The number of unbranched alkanes of at least 4 members (excludes halogenated alkanes) is 4. The molecule has 0 aromatic heterocycles. The second-order valence-corrected chi connectivity index (χ2v) is 9.21. The van der Waals surface area contributed by atoms with Gasteiger partial charge in [0.1, 0.15) is 6.04 Å². The normalized spacial score (nSPS) is 17.9. The number of hydrogen-bond acceptors (Lipinski definition) is 3. The van der Waals surface area contributed by atoms with E-state index in [9.17, 15) is 14.4 Å². The summed E-state index contributed by atoms with van der Waals surface area (Å²) in [4.78, 5) is 42.3. The Bertz CT molecular complexity index is 755. The van der Waals surface area contributed by atoms with Crippen LogP contribution in [0.25, 0.3) is 0 Å². The SMILES string of the molecule is CCCCCCCC(=O)N1CCN(C(=O)C(NC(=O)Nc2ccccc2)C(C)CC)CC1C. The topological polar surface area (TPSA) is 81.8 Å². The van der Waals surface area contributed by atoms with Crippen molar-refractivity contribution in [2.75, 3.05) is 25.0 Å². The molecule has 184 valence electrons. The lowest BCUT2D eigenvalue weighted by molar-refractivity contribution is -0.144. The van der Waals surface area contributed by atoms with Gasteiger partial charge in [0, 0.05) is 37.8 Å². The Morgan fingerprint density at radius 1 is 1.03 bits per heavy atom. The van der Waals surface area contributed by atoms with Gasteiger partial charge in [-0.2, -0.15) is 0 Å². The van der Waals surface area contributed by atoms with Crippen LogP contribution in [0.15, 0.2) is 30.3 Å². The molecule has 0 spiro atoms. The zero-order chi connectivity index (χ0) is 24.2. The lowest BCUT2D eigenvalue weighted by Gasteiger charge is -2.41. The maximum absolute atomic E-state index is 13.4. The second kappa shape index (κ2) is 13.9. The Labute approximate surface area is 199 Å². The summed E-state index contributed by atoms with van der Waals surface area (Å²) in [5.41, 5.74) is 0.681. The summed E-state index contributed by atoms with van der Waals surface area (Å²) in [5, 5.41) is 5.68. The third kappa shape index (κ3) is 8.37. The summed E-state index contributed by atoms with van der Waals surface area (Å²) >= 11 is 0. The van der Waals surface area contributed by atoms with Gasteiger partial charge in [-0.3, -0.25) is 9.59 Å². The number of hydrogen-bond donors (Lipinski definition) is 2. The van der Waals surface area contributed by atoms with E-state index in [1.165, 1.54) is 19.3 Å². The minimum absolute atomic E-state index is 0.00267. The number of carbonyl (C=O) groups is 3. The van der Waals surface area contributed by atoms with Crippen molar-refractivity contribution in [3.05, 3.63) is 30.3 Å². The van der Waals surface area contributed by atoms with Crippen LogP contribution >= 0.6 is 0 Å². The fraction of sp³-hybridized carbons (Fsp3) is 0.654. The van der Waals surface area contributed by atoms with Gasteiger partial charge in [0.05, 0.1) is 0 Å². The van der Waals surface area contributed by atoms with Crippen LogP contribution in [0.5, 0.6) is 0 Å². The number of rotatable bonds is 11. The highest BCUT2D eigenvalue weighted by molar-refractivity contribution is 5.94. The first-order valence-electron chi connectivity index (χ1n) is 12.6. The fourth-order valence-electron chi connectivity index (χ4n) is 4.26. The van der Waals surface area contributed by atoms with Crippen molar-refractivity contribution in [1.29, 1.82) is 0 Å². The predicted octanol–water partition coefficient (Wildman–Crippen LogP) is 4.64. The van der Waals surface area contributed by atoms with Gasteiger partial charge in [0.2, 0.25) is 11.8 Å². The Morgan fingerprint density at radius 2 is 1.73 bits per heavy atom. The number of urea groups is 1. The van der Waals surface area contributed by atoms with Crippen molar-refractivity contribution in [3.8, 4) is 0 Å². The van der Waals surface area contributed by atoms with Crippen molar-refractivity contribution in [1.82, 2.24) is 15.1 Å². The molecule has 33 heavy (non-hydrogen) atoms. The predicted molar refractivity (Wildman–Crippen MR) is 133 cm³/mol. The standard InChI is InChI=1S/C26H42N4O3/c1-5-7-8-9-13-16-23(31)30-18-17-29(19-21(30)4)25(32)24(20(3)6-2)28-26(33)27-22-14-11-10-12-15-22/h10-12,14-15,20-21,24H,5-9,13,16-19H2,1-4H3,(H2,27,28,33). The van der Waals surface area contributed by atoms with Crippen molar-refractivity contribution < 1.29 is 14.4 Å². The molecule has 0 saturated carbocycles. The van der Waals surface area contributed by atoms with Crippen LogP contribution < -0.4 is 10.6 Å². The van der Waals surface area contributed by atoms with E-state index in [-0.39, 0.29) is 29.8 Å². The lowest BCUT2D eigenvalue weighted by Crippen LogP contribution is -2.60. The molecular weight excluding hydrogens is 416 g/mol. The van der Waals surface area contributed by atoms with Crippen LogP contribution in [-0.2, 0) is 9.59 Å². The van der Waals surface area contributed by atoms with Crippen LogP contribution in [0.1, 0.15) is 72.6 Å². The van der Waals surface area contributed by atoms with E-state index < -0.39 is 6.04 Å². The Morgan fingerprint density at radius 3 is 2.36 bits per heavy atom. The number of para-hydroxylation sites is 1. The van der Waals surface area contributed by atoms with E-state index in [4.69, 9.17) is 0 Å².